The molecule has 3 aliphatic rings. The maximum absolute atomic E-state index is 13.0. The molecular formula is C19H30NO3+. The van der Waals surface area contributed by atoms with Crippen LogP contribution in [0.25, 0.3) is 0 Å². The Morgan fingerprint density at radius 1 is 1.26 bits per heavy atom. The smallest absolute Gasteiger partial charge is 0.343 e. The molecule has 2 N–H and O–H groups in total. The first kappa shape index (κ1) is 16.7. The Morgan fingerprint density at radius 2 is 2.04 bits per heavy atom. The van der Waals surface area contributed by atoms with Crippen LogP contribution in [-0.4, -0.2) is 42.9 Å². The van der Waals surface area contributed by atoms with Crippen LogP contribution in [0, 0.1) is 5.92 Å². The predicted octanol–water partition coefficient (Wildman–Crippen LogP) is 1.40. The van der Waals surface area contributed by atoms with Gasteiger partial charge in [-0.25, -0.2) is 4.79 Å². The van der Waals surface area contributed by atoms with E-state index in [9.17, 15) is 9.90 Å². The van der Waals surface area contributed by atoms with E-state index < -0.39 is 11.6 Å². The van der Waals surface area contributed by atoms with Crippen LogP contribution < -0.4 is 4.90 Å². The second-order valence-electron chi connectivity index (χ2n) is 7.47. The van der Waals surface area contributed by atoms with Crippen LogP contribution in [0.5, 0.6) is 0 Å². The Labute approximate surface area is 139 Å². The molecule has 3 atom stereocenters. The summed E-state index contributed by atoms with van der Waals surface area (Å²) in [6, 6.07) is 0. The van der Waals surface area contributed by atoms with E-state index >= 15 is 0 Å². The van der Waals surface area contributed by atoms with Gasteiger partial charge in [0.2, 0.25) is 0 Å². The molecule has 23 heavy (non-hydrogen) atoms. The summed E-state index contributed by atoms with van der Waals surface area (Å²) in [4.78, 5) is 14.4. The summed E-state index contributed by atoms with van der Waals surface area (Å²) in [5.41, 5.74) is -0.687. The number of aliphatic hydroxyl groups is 1. The van der Waals surface area contributed by atoms with Crippen molar-refractivity contribution in [3.05, 3.63) is 23.8 Å². The highest BCUT2D eigenvalue weighted by Gasteiger charge is 2.49. The van der Waals surface area contributed by atoms with Gasteiger partial charge in [0.25, 0.3) is 0 Å². The number of hydrogen-bond acceptors (Lipinski definition) is 3. The third-order valence-corrected chi connectivity index (χ3v) is 5.69. The number of likely N-dealkylation sites (tertiary alicyclic amines) is 1. The molecule has 1 aliphatic heterocycles. The zero-order valence-corrected chi connectivity index (χ0v) is 14.2. The monoisotopic (exact) mass is 320 g/mol. The lowest BCUT2D eigenvalue weighted by Crippen LogP contribution is -3.07. The zero-order chi connectivity index (χ0) is 16.3. The average Bonchev–Trinajstić information content (AvgIpc) is 3.00. The zero-order valence-electron chi connectivity index (χ0n) is 14.2. The molecule has 0 amide bonds. The number of esters is 1. The Balaban J connectivity index is 1.80. The standard InChI is InChI=1S/C19H29NO3/c1-20-13-12-17(14-20)23-18(21)19(22,15-8-4-2-5-9-15)16-10-6-3-7-11-16/h4,8-9,16-17,22H,2-3,5-7,10-14H2,1H3/p+1. The largest absolute Gasteiger partial charge is 0.454 e. The molecule has 1 saturated heterocycles. The van der Waals surface area contributed by atoms with Gasteiger partial charge in [-0.3, -0.25) is 0 Å². The molecule has 0 radical (unpaired) electrons. The number of carbonyl (C=O) groups is 1. The fourth-order valence-corrected chi connectivity index (χ4v) is 4.28. The molecule has 3 unspecified atom stereocenters. The normalized spacial score (nSPS) is 31.5. The highest BCUT2D eigenvalue weighted by Crippen LogP contribution is 2.40. The van der Waals surface area contributed by atoms with Crippen molar-refractivity contribution in [3.63, 3.8) is 0 Å². The molecule has 1 saturated carbocycles. The van der Waals surface area contributed by atoms with Crippen molar-refractivity contribution < 1.29 is 19.5 Å². The minimum Gasteiger partial charge on any atom is -0.454 e. The topological polar surface area (TPSA) is 51.0 Å². The molecule has 4 nitrogen and oxygen atoms in total. The third kappa shape index (κ3) is 3.53. The molecular weight excluding hydrogens is 290 g/mol. The molecule has 0 bridgehead atoms. The number of carbonyl (C=O) groups excluding carboxylic acids is 1. The van der Waals surface area contributed by atoms with Gasteiger partial charge in [-0.2, -0.15) is 0 Å². The van der Waals surface area contributed by atoms with Gasteiger partial charge in [-0.15, -0.1) is 0 Å². The molecule has 0 spiro atoms. The molecule has 0 aromatic heterocycles. The summed E-state index contributed by atoms with van der Waals surface area (Å²) >= 11 is 0. The van der Waals surface area contributed by atoms with E-state index in [2.05, 4.69) is 13.1 Å². The lowest BCUT2D eigenvalue weighted by Gasteiger charge is -2.38. The SMILES string of the molecule is C[NH+]1CCC(OC(=O)C(O)(C2=CCCC=C2)C2CCCCC2)C1. The van der Waals surface area contributed by atoms with E-state index in [1.54, 1.807) is 0 Å². The number of allylic oxidation sites excluding steroid dienone is 2. The summed E-state index contributed by atoms with van der Waals surface area (Å²) in [6.45, 7) is 1.88. The number of hydrogen-bond donors (Lipinski definition) is 2. The van der Waals surface area contributed by atoms with Crippen molar-refractivity contribution in [2.24, 2.45) is 5.92 Å². The van der Waals surface area contributed by atoms with Crippen LogP contribution in [0.15, 0.2) is 23.8 Å². The van der Waals surface area contributed by atoms with E-state index in [0.29, 0.717) is 0 Å². The Bertz CT molecular complexity index is 493. The van der Waals surface area contributed by atoms with Crippen molar-refractivity contribution in [1.82, 2.24) is 0 Å². The van der Waals surface area contributed by atoms with Crippen molar-refractivity contribution in [3.8, 4) is 0 Å². The number of nitrogens with one attached hydrogen (secondary N) is 1. The van der Waals surface area contributed by atoms with E-state index in [0.717, 1.165) is 63.6 Å². The van der Waals surface area contributed by atoms with Gasteiger partial charge in [0.05, 0.1) is 13.6 Å². The minimum atomic E-state index is -1.45. The van der Waals surface area contributed by atoms with Crippen LogP contribution in [0.1, 0.15) is 51.4 Å². The first-order valence-corrected chi connectivity index (χ1v) is 9.22. The molecule has 4 heteroatoms. The first-order valence-electron chi connectivity index (χ1n) is 9.22. The summed E-state index contributed by atoms with van der Waals surface area (Å²) in [5, 5.41) is 11.5. The van der Waals surface area contributed by atoms with Gasteiger partial charge in [0.15, 0.2) is 11.7 Å². The van der Waals surface area contributed by atoms with Gasteiger partial charge < -0.3 is 14.7 Å². The maximum atomic E-state index is 13.0. The minimum absolute atomic E-state index is 0.00997. The van der Waals surface area contributed by atoms with Crippen LogP contribution in [-0.2, 0) is 9.53 Å². The van der Waals surface area contributed by atoms with Crippen molar-refractivity contribution in [2.75, 3.05) is 20.1 Å². The number of rotatable bonds is 4. The molecule has 1 heterocycles. The van der Waals surface area contributed by atoms with Gasteiger partial charge >= 0.3 is 5.97 Å². The highest BCUT2D eigenvalue weighted by atomic mass is 16.6. The summed E-state index contributed by atoms with van der Waals surface area (Å²) in [7, 11) is 2.12. The van der Waals surface area contributed by atoms with Gasteiger partial charge in [0, 0.05) is 12.3 Å². The summed E-state index contributed by atoms with van der Waals surface area (Å²) in [5.74, 6) is -0.425. The average molecular weight is 320 g/mol. The van der Waals surface area contributed by atoms with Crippen LogP contribution in [0.2, 0.25) is 0 Å². The number of likely N-dealkylation sites (N-methyl/N-ethyl adjacent to an activating group) is 1. The molecule has 128 valence electrons. The van der Waals surface area contributed by atoms with E-state index in [-0.39, 0.29) is 12.0 Å². The third-order valence-electron chi connectivity index (χ3n) is 5.69. The molecule has 0 aromatic rings. The van der Waals surface area contributed by atoms with Crippen molar-refractivity contribution in [1.29, 1.82) is 0 Å². The fourth-order valence-electron chi connectivity index (χ4n) is 4.28. The molecule has 2 fully saturated rings. The van der Waals surface area contributed by atoms with Crippen LogP contribution in [0.3, 0.4) is 0 Å². The Kier molecular flexibility index (Phi) is 5.22. The van der Waals surface area contributed by atoms with E-state index in [1.165, 1.54) is 11.3 Å². The number of quaternary nitrogens is 1. The second-order valence-corrected chi connectivity index (χ2v) is 7.47. The van der Waals surface area contributed by atoms with E-state index in [4.69, 9.17) is 4.74 Å². The lowest BCUT2D eigenvalue weighted by molar-refractivity contribution is -0.867. The Morgan fingerprint density at radius 3 is 2.65 bits per heavy atom. The van der Waals surface area contributed by atoms with Gasteiger partial charge in [-0.05, 0) is 31.3 Å². The Hall–Kier alpha value is -1.13. The lowest BCUT2D eigenvalue weighted by atomic mass is 9.72. The van der Waals surface area contributed by atoms with Crippen LogP contribution >= 0.6 is 0 Å². The first-order chi connectivity index (χ1) is 11.1. The molecule has 3 rings (SSSR count). The molecule has 0 aromatic carbocycles. The highest BCUT2D eigenvalue weighted by molar-refractivity contribution is 5.85. The summed E-state index contributed by atoms with van der Waals surface area (Å²) in [6.07, 6.45) is 13.9. The van der Waals surface area contributed by atoms with Gasteiger partial charge in [-0.1, -0.05) is 37.5 Å². The van der Waals surface area contributed by atoms with Crippen LogP contribution in [0.4, 0.5) is 0 Å². The van der Waals surface area contributed by atoms with Crippen molar-refractivity contribution >= 4 is 5.97 Å². The second kappa shape index (κ2) is 7.18. The fraction of sp³-hybridized carbons (Fsp3) is 0.737. The number of ether oxygens (including phenoxy) is 1. The predicted molar refractivity (Wildman–Crippen MR) is 89.1 cm³/mol. The maximum Gasteiger partial charge on any atom is 0.343 e. The quantitative estimate of drug-likeness (QED) is 0.770. The van der Waals surface area contributed by atoms with Gasteiger partial charge in [0.1, 0.15) is 6.54 Å². The van der Waals surface area contributed by atoms with Crippen molar-refractivity contribution in [2.45, 2.75) is 63.1 Å². The van der Waals surface area contributed by atoms with E-state index in [1.807, 2.05) is 12.2 Å². The summed E-state index contributed by atoms with van der Waals surface area (Å²) < 4.78 is 5.77. The molecule has 2 aliphatic carbocycles.